The van der Waals surface area contributed by atoms with Gasteiger partial charge in [-0.15, -0.1) is 11.3 Å². The van der Waals surface area contributed by atoms with E-state index in [1.54, 1.807) is 5.51 Å². The second-order valence-electron chi connectivity index (χ2n) is 7.47. The summed E-state index contributed by atoms with van der Waals surface area (Å²) in [7, 11) is 0. The third kappa shape index (κ3) is 4.66. The van der Waals surface area contributed by atoms with Crippen LogP contribution < -0.4 is 0 Å². The van der Waals surface area contributed by atoms with Crippen LogP contribution in [0.4, 0.5) is 0 Å². The van der Waals surface area contributed by atoms with E-state index >= 15 is 0 Å². The molecule has 1 aliphatic carbocycles. The first kappa shape index (κ1) is 19.8. The molecule has 148 valence electrons. The van der Waals surface area contributed by atoms with E-state index in [-0.39, 0.29) is 24.4 Å². The molecule has 1 atom stereocenters. The Hall–Kier alpha value is -1.96. The molecule has 1 N–H and O–H groups in total. The number of carbonyl (C=O) groups is 3. The van der Waals surface area contributed by atoms with E-state index in [0.29, 0.717) is 25.4 Å². The second-order valence-corrected chi connectivity index (χ2v) is 8.32. The van der Waals surface area contributed by atoms with Crippen molar-refractivity contribution in [3.05, 3.63) is 16.1 Å². The molecule has 3 rings (SSSR count). The van der Waals surface area contributed by atoms with Crippen LogP contribution in [-0.2, 0) is 9.59 Å². The topological polar surface area (TPSA) is 90.8 Å². The molecule has 1 unspecified atom stereocenters. The van der Waals surface area contributed by atoms with E-state index in [1.807, 2.05) is 4.90 Å². The first-order valence-corrected chi connectivity index (χ1v) is 10.6. The summed E-state index contributed by atoms with van der Waals surface area (Å²) in [5.74, 6) is -0.798. The van der Waals surface area contributed by atoms with Crippen LogP contribution in [0.15, 0.2) is 5.51 Å². The molecule has 2 aliphatic rings. The largest absolute Gasteiger partial charge is 0.480 e. The lowest BCUT2D eigenvalue weighted by atomic mass is 10.0. The van der Waals surface area contributed by atoms with Crippen molar-refractivity contribution < 1.29 is 19.5 Å². The van der Waals surface area contributed by atoms with Gasteiger partial charge in [-0.05, 0) is 32.1 Å². The monoisotopic (exact) mass is 393 g/mol. The fourth-order valence-electron chi connectivity index (χ4n) is 4.29. The molecule has 1 saturated carbocycles. The number of nitrogens with zero attached hydrogens (tertiary/aromatic N) is 3. The van der Waals surface area contributed by atoms with Crippen molar-refractivity contribution in [2.45, 2.75) is 63.8 Å². The summed E-state index contributed by atoms with van der Waals surface area (Å²) < 4.78 is 0. The number of likely N-dealkylation sites (tertiary alicyclic amines) is 1. The van der Waals surface area contributed by atoms with Gasteiger partial charge in [-0.3, -0.25) is 14.4 Å². The number of thiazole rings is 1. The van der Waals surface area contributed by atoms with E-state index in [9.17, 15) is 14.4 Å². The van der Waals surface area contributed by atoms with Crippen molar-refractivity contribution in [3.8, 4) is 0 Å². The summed E-state index contributed by atoms with van der Waals surface area (Å²) in [4.78, 5) is 44.6. The number of carboxylic acids is 1. The fourth-order valence-corrected chi connectivity index (χ4v) is 5.13. The standard InChI is InChI=1S/C19H27N3O4S/c1-13(23)22(11-16(24)25)15-7-4-9-21(10-8-15)19(26)18-17(20-12-27-18)14-5-2-3-6-14/h12,14-15H,2-11H2,1H3,(H,24,25). The maximum atomic E-state index is 13.1. The first-order valence-electron chi connectivity index (χ1n) is 9.69. The van der Waals surface area contributed by atoms with Gasteiger partial charge in [0.15, 0.2) is 0 Å². The summed E-state index contributed by atoms with van der Waals surface area (Å²) in [5, 5.41) is 9.07. The molecule has 0 bridgehead atoms. The van der Waals surface area contributed by atoms with Gasteiger partial charge >= 0.3 is 5.97 Å². The number of hydrogen-bond acceptors (Lipinski definition) is 5. The highest BCUT2D eigenvalue weighted by atomic mass is 32.1. The van der Waals surface area contributed by atoms with Gasteiger partial charge in [-0.25, -0.2) is 4.98 Å². The van der Waals surface area contributed by atoms with Gasteiger partial charge in [0.05, 0.1) is 11.2 Å². The lowest BCUT2D eigenvalue weighted by molar-refractivity contribution is -0.145. The molecular weight excluding hydrogens is 366 g/mol. The Balaban J connectivity index is 1.67. The zero-order chi connectivity index (χ0) is 19.4. The number of carboxylic acid groups (broad SMARTS) is 1. The Morgan fingerprint density at radius 3 is 2.59 bits per heavy atom. The molecule has 8 heteroatoms. The SMILES string of the molecule is CC(=O)N(CC(=O)O)C1CCCN(C(=O)c2scnc2C2CCCC2)CC1. The molecule has 0 spiro atoms. The van der Waals surface area contributed by atoms with Crippen LogP contribution in [0.1, 0.15) is 73.2 Å². The van der Waals surface area contributed by atoms with E-state index in [0.717, 1.165) is 36.3 Å². The van der Waals surface area contributed by atoms with Crippen LogP contribution in [0.2, 0.25) is 0 Å². The molecule has 0 radical (unpaired) electrons. The van der Waals surface area contributed by atoms with Gasteiger partial charge < -0.3 is 14.9 Å². The average Bonchev–Trinajstić information content (AvgIpc) is 3.26. The minimum absolute atomic E-state index is 0.0349. The van der Waals surface area contributed by atoms with Gasteiger partial charge in [-0.2, -0.15) is 0 Å². The second kappa shape index (κ2) is 8.82. The fraction of sp³-hybridized carbons (Fsp3) is 0.684. The molecular formula is C19H27N3O4S. The minimum Gasteiger partial charge on any atom is -0.480 e. The van der Waals surface area contributed by atoms with Crippen LogP contribution in [0.3, 0.4) is 0 Å². The number of aliphatic carboxylic acids is 1. The van der Waals surface area contributed by atoms with Crippen LogP contribution in [0.5, 0.6) is 0 Å². The zero-order valence-electron chi connectivity index (χ0n) is 15.7. The van der Waals surface area contributed by atoms with Crippen molar-refractivity contribution >= 4 is 29.1 Å². The Labute approximate surface area is 163 Å². The maximum absolute atomic E-state index is 13.1. The summed E-state index contributed by atoms with van der Waals surface area (Å²) >= 11 is 1.42. The highest BCUT2D eigenvalue weighted by Gasteiger charge is 2.31. The molecule has 7 nitrogen and oxygen atoms in total. The molecule has 2 heterocycles. The minimum atomic E-state index is -1.01. The smallest absolute Gasteiger partial charge is 0.323 e. The van der Waals surface area contributed by atoms with Crippen molar-refractivity contribution in [2.24, 2.45) is 0 Å². The van der Waals surface area contributed by atoms with Crippen molar-refractivity contribution in [1.82, 2.24) is 14.8 Å². The normalized spacial score (nSPS) is 21.1. The van der Waals surface area contributed by atoms with Crippen LogP contribution in [0, 0.1) is 0 Å². The molecule has 1 aromatic rings. The van der Waals surface area contributed by atoms with Crippen LogP contribution in [-0.4, -0.2) is 63.4 Å². The van der Waals surface area contributed by atoms with Crippen molar-refractivity contribution in [3.63, 3.8) is 0 Å². The molecule has 1 saturated heterocycles. The third-order valence-electron chi connectivity index (χ3n) is 5.67. The Morgan fingerprint density at radius 2 is 1.93 bits per heavy atom. The highest BCUT2D eigenvalue weighted by Crippen LogP contribution is 2.36. The van der Waals surface area contributed by atoms with Crippen LogP contribution >= 0.6 is 11.3 Å². The molecule has 27 heavy (non-hydrogen) atoms. The van der Waals surface area contributed by atoms with Crippen molar-refractivity contribution in [1.29, 1.82) is 0 Å². The molecule has 1 aliphatic heterocycles. The van der Waals surface area contributed by atoms with E-state index in [2.05, 4.69) is 4.98 Å². The predicted octanol–water partition coefficient (Wildman–Crippen LogP) is 2.73. The Bertz CT molecular complexity index is 699. The van der Waals surface area contributed by atoms with Gasteiger partial charge in [0.1, 0.15) is 11.4 Å². The summed E-state index contributed by atoms with van der Waals surface area (Å²) in [6, 6.07) is -0.132. The number of hydrogen-bond donors (Lipinski definition) is 1. The number of rotatable bonds is 5. The number of aromatic nitrogens is 1. The number of carbonyl (C=O) groups excluding carboxylic acids is 2. The summed E-state index contributed by atoms with van der Waals surface area (Å²) in [6.07, 6.45) is 6.70. The quantitative estimate of drug-likeness (QED) is 0.831. The van der Waals surface area contributed by atoms with Crippen molar-refractivity contribution in [2.75, 3.05) is 19.6 Å². The Morgan fingerprint density at radius 1 is 1.19 bits per heavy atom. The van der Waals surface area contributed by atoms with E-state index in [1.165, 1.54) is 36.0 Å². The van der Waals surface area contributed by atoms with E-state index < -0.39 is 5.97 Å². The molecule has 2 amide bonds. The summed E-state index contributed by atoms with van der Waals surface area (Å²) in [5.41, 5.74) is 2.73. The maximum Gasteiger partial charge on any atom is 0.323 e. The van der Waals surface area contributed by atoms with Gasteiger partial charge in [-0.1, -0.05) is 12.8 Å². The van der Waals surface area contributed by atoms with E-state index in [4.69, 9.17) is 5.11 Å². The highest BCUT2D eigenvalue weighted by molar-refractivity contribution is 7.11. The summed E-state index contributed by atoms with van der Waals surface area (Å²) in [6.45, 7) is 2.29. The lowest BCUT2D eigenvalue weighted by Crippen LogP contribution is -2.43. The lowest BCUT2D eigenvalue weighted by Gasteiger charge is -2.28. The van der Waals surface area contributed by atoms with Gasteiger partial charge in [0.2, 0.25) is 5.91 Å². The molecule has 0 aromatic carbocycles. The third-order valence-corrected chi connectivity index (χ3v) is 6.50. The molecule has 1 aromatic heterocycles. The number of amides is 2. The molecule has 2 fully saturated rings. The first-order chi connectivity index (χ1) is 13.0. The van der Waals surface area contributed by atoms with Gasteiger partial charge in [0, 0.05) is 32.0 Å². The average molecular weight is 394 g/mol. The predicted molar refractivity (Wildman–Crippen MR) is 102 cm³/mol. The zero-order valence-corrected chi connectivity index (χ0v) is 16.5. The van der Waals surface area contributed by atoms with Gasteiger partial charge in [0.25, 0.3) is 5.91 Å². The van der Waals surface area contributed by atoms with Crippen LogP contribution in [0.25, 0.3) is 0 Å². The Kier molecular flexibility index (Phi) is 6.46.